The largest absolute Gasteiger partial charge is 0.416 e. The molecule has 0 saturated heterocycles. The SMILES string of the molecule is CN1CC(CCOCc2cc(C(F)(F)F)cc(C(F)(F)F)c2)(c2ccccc2)N=C1Cc1cccs1. The van der Waals surface area contributed by atoms with Gasteiger partial charge < -0.3 is 9.64 Å². The third-order valence-corrected chi connectivity index (χ3v) is 6.96. The van der Waals surface area contributed by atoms with Crippen LogP contribution in [0.2, 0.25) is 0 Å². The van der Waals surface area contributed by atoms with E-state index in [1.807, 2.05) is 54.9 Å². The first-order valence-corrected chi connectivity index (χ1v) is 12.1. The molecule has 3 nitrogen and oxygen atoms in total. The molecule has 2 aromatic carbocycles. The summed E-state index contributed by atoms with van der Waals surface area (Å²) in [5.41, 5.74) is -2.54. The molecule has 0 saturated carbocycles. The molecule has 4 rings (SSSR count). The summed E-state index contributed by atoms with van der Waals surface area (Å²) in [7, 11) is 1.96. The number of nitrogens with zero attached hydrogens (tertiary/aromatic N) is 2. The van der Waals surface area contributed by atoms with Gasteiger partial charge in [0.25, 0.3) is 0 Å². The molecule has 0 fully saturated rings. The van der Waals surface area contributed by atoms with Gasteiger partial charge in [-0.05, 0) is 40.8 Å². The van der Waals surface area contributed by atoms with E-state index in [0.717, 1.165) is 11.4 Å². The maximum atomic E-state index is 13.1. The Bertz CT molecular complexity index is 1160. The fourth-order valence-electron chi connectivity index (χ4n) is 4.31. The van der Waals surface area contributed by atoms with Gasteiger partial charge in [-0.15, -0.1) is 11.3 Å². The molecule has 3 aromatic rings. The van der Waals surface area contributed by atoms with Gasteiger partial charge in [-0.3, -0.25) is 4.99 Å². The Labute approximate surface area is 209 Å². The van der Waals surface area contributed by atoms with Crippen LogP contribution in [-0.4, -0.2) is 30.9 Å². The number of halogens is 6. The normalized spacial score (nSPS) is 18.5. The van der Waals surface area contributed by atoms with Crippen molar-refractivity contribution < 1.29 is 31.1 Å². The predicted molar refractivity (Wildman–Crippen MR) is 127 cm³/mol. The standard InChI is InChI=1S/C26H24F6N2OS/c1-34-17-24(19-6-3-2-4-7-19,33-23(34)15-22-8-5-11-36-22)9-10-35-16-18-12-20(25(27,28)29)14-21(13-18)26(30,31)32/h2-8,11-14H,9-10,15-17H2,1H3. The highest BCUT2D eigenvalue weighted by molar-refractivity contribution is 7.10. The van der Waals surface area contributed by atoms with E-state index in [4.69, 9.17) is 9.73 Å². The second-order valence-electron chi connectivity index (χ2n) is 8.75. The van der Waals surface area contributed by atoms with E-state index < -0.39 is 29.0 Å². The van der Waals surface area contributed by atoms with Gasteiger partial charge in [0.2, 0.25) is 0 Å². The van der Waals surface area contributed by atoms with Crippen LogP contribution in [0.25, 0.3) is 0 Å². The molecule has 192 valence electrons. The van der Waals surface area contributed by atoms with Gasteiger partial charge in [0.1, 0.15) is 11.4 Å². The molecule has 1 aromatic heterocycles. The summed E-state index contributed by atoms with van der Waals surface area (Å²) in [5, 5.41) is 2.00. The molecule has 2 heterocycles. The second-order valence-corrected chi connectivity index (χ2v) is 9.79. The molecular weight excluding hydrogens is 502 g/mol. The van der Waals surface area contributed by atoms with Crippen molar-refractivity contribution in [3.8, 4) is 0 Å². The van der Waals surface area contributed by atoms with E-state index in [1.54, 1.807) is 11.3 Å². The first-order valence-electron chi connectivity index (χ1n) is 11.2. The summed E-state index contributed by atoms with van der Waals surface area (Å²) in [6.45, 7) is 0.318. The number of hydrogen-bond acceptors (Lipinski definition) is 4. The highest BCUT2D eigenvalue weighted by Gasteiger charge is 2.40. The molecule has 0 radical (unpaired) electrons. The van der Waals surface area contributed by atoms with Gasteiger partial charge in [-0.2, -0.15) is 26.3 Å². The van der Waals surface area contributed by atoms with Crippen molar-refractivity contribution in [2.45, 2.75) is 37.3 Å². The minimum atomic E-state index is -4.89. The number of hydrogen-bond donors (Lipinski definition) is 0. The highest BCUT2D eigenvalue weighted by Crippen LogP contribution is 2.38. The van der Waals surface area contributed by atoms with Gasteiger partial charge in [0, 0.05) is 37.9 Å². The maximum absolute atomic E-state index is 13.1. The number of likely N-dealkylation sites (N-methyl/N-ethyl adjacent to an activating group) is 1. The summed E-state index contributed by atoms with van der Waals surface area (Å²) in [5.74, 6) is 0.911. The van der Waals surface area contributed by atoms with Crippen LogP contribution in [0, 0.1) is 0 Å². The average Bonchev–Trinajstić information content (AvgIpc) is 3.45. The topological polar surface area (TPSA) is 24.8 Å². The summed E-state index contributed by atoms with van der Waals surface area (Å²) in [4.78, 5) is 8.31. The molecule has 0 bridgehead atoms. The van der Waals surface area contributed by atoms with E-state index in [1.165, 1.54) is 4.88 Å². The number of amidine groups is 1. The van der Waals surface area contributed by atoms with Crippen molar-refractivity contribution in [1.29, 1.82) is 0 Å². The number of ether oxygens (including phenoxy) is 1. The minimum Gasteiger partial charge on any atom is -0.377 e. The molecule has 0 aliphatic carbocycles. The zero-order valence-electron chi connectivity index (χ0n) is 19.4. The molecule has 0 N–H and O–H groups in total. The van der Waals surface area contributed by atoms with Gasteiger partial charge >= 0.3 is 12.4 Å². The number of alkyl halides is 6. The van der Waals surface area contributed by atoms with E-state index in [2.05, 4.69) is 4.90 Å². The third kappa shape index (κ3) is 6.10. The van der Waals surface area contributed by atoms with Crippen LogP contribution in [0.5, 0.6) is 0 Å². The average molecular weight is 527 g/mol. The van der Waals surface area contributed by atoms with Gasteiger partial charge in [0.15, 0.2) is 0 Å². The van der Waals surface area contributed by atoms with E-state index in [-0.39, 0.29) is 24.8 Å². The van der Waals surface area contributed by atoms with Crippen LogP contribution in [0.3, 0.4) is 0 Å². The molecular formula is C26H24F6N2OS. The lowest BCUT2D eigenvalue weighted by Gasteiger charge is -2.27. The first-order chi connectivity index (χ1) is 17.0. The Kier molecular flexibility index (Phi) is 7.47. The van der Waals surface area contributed by atoms with Crippen molar-refractivity contribution in [2.24, 2.45) is 4.99 Å². The fourth-order valence-corrected chi connectivity index (χ4v) is 5.01. The molecule has 10 heteroatoms. The Morgan fingerprint density at radius 2 is 1.61 bits per heavy atom. The summed E-state index contributed by atoms with van der Waals surface area (Å²) >= 11 is 1.64. The highest BCUT2D eigenvalue weighted by atomic mass is 32.1. The number of aliphatic imine (C=N–C) groups is 1. The molecule has 0 spiro atoms. The van der Waals surface area contributed by atoms with Crippen molar-refractivity contribution in [3.05, 3.63) is 93.2 Å². The van der Waals surface area contributed by atoms with Crippen molar-refractivity contribution in [3.63, 3.8) is 0 Å². The predicted octanol–water partition coefficient (Wildman–Crippen LogP) is 7.17. The number of benzene rings is 2. The third-order valence-electron chi connectivity index (χ3n) is 6.08. The van der Waals surface area contributed by atoms with Crippen molar-refractivity contribution >= 4 is 17.2 Å². The minimum absolute atomic E-state index is 0.107. The monoisotopic (exact) mass is 526 g/mol. The van der Waals surface area contributed by atoms with Crippen LogP contribution >= 0.6 is 11.3 Å². The molecule has 1 atom stereocenters. The van der Waals surface area contributed by atoms with Crippen LogP contribution in [-0.2, 0) is 35.7 Å². The van der Waals surface area contributed by atoms with Crippen molar-refractivity contribution in [2.75, 3.05) is 20.2 Å². The molecule has 1 unspecified atom stereocenters. The van der Waals surface area contributed by atoms with Gasteiger partial charge in [0.05, 0.1) is 17.7 Å². The summed E-state index contributed by atoms with van der Waals surface area (Å²) in [6.07, 6.45) is -8.70. The quantitative estimate of drug-likeness (QED) is 0.230. The van der Waals surface area contributed by atoms with Crippen LogP contribution in [0.1, 0.15) is 33.6 Å². The van der Waals surface area contributed by atoms with Gasteiger partial charge in [-0.1, -0.05) is 36.4 Å². The van der Waals surface area contributed by atoms with Crippen LogP contribution in [0.15, 0.2) is 71.0 Å². The molecule has 1 aliphatic rings. The number of rotatable bonds is 8. The Hall–Kier alpha value is -2.85. The lowest BCUT2D eigenvalue weighted by Crippen LogP contribution is -2.33. The zero-order valence-corrected chi connectivity index (χ0v) is 20.2. The van der Waals surface area contributed by atoms with E-state index in [9.17, 15) is 26.3 Å². The molecule has 1 aliphatic heterocycles. The first kappa shape index (κ1) is 26.2. The van der Waals surface area contributed by atoms with E-state index >= 15 is 0 Å². The maximum Gasteiger partial charge on any atom is 0.416 e. The summed E-state index contributed by atoms with van der Waals surface area (Å²) < 4.78 is 84.5. The Morgan fingerprint density at radius 3 is 2.19 bits per heavy atom. The van der Waals surface area contributed by atoms with E-state index in [0.29, 0.717) is 31.5 Å². The van der Waals surface area contributed by atoms with Crippen LogP contribution < -0.4 is 0 Å². The lowest BCUT2D eigenvalue weighted by atomic mass is 9.88. The van der Waals surface area contributed by atoms with Crippen molar-refractivity contribution in [1.82, 2.24) is 4.90 Å². The fraction of sp³-hybridized carbons (Fsp3) is 0.346. The molecule has 0 amide bonds. The summed E-state index contributed by atoms with van der Waals surface area (Å²) in [6, 6.07) is 15.2. The zero-order chi connectivity index (χ0) is 26.0. The Balaban J connectivity index is 1.51. The smallest absolute Gasteiger partial charge is 0.377 e. The van der Waals surface area contributed by atoms with Gasteiger partial charge in [-0.25, -0.2) is 0 Å². The second kappa shape index (κ2) is 10.3. The van der Waals surface area contributed by atoms with Crippen LogP contribution in [0.4, 0.5) is 26.3 Å². The number of thiophene rings is 1. The lowest BCUT2D eigenvalue weighted by molar-refractivity contribution is -0.143. The molecule has 36 heavy (non-hydrogen) atoms. The Morgan fingerprint density at radius 1 is 0.944 bits per heavy atom.